The molecule has 0 bridgehead atoms. The maximum atomic E-state index is 13.0. The summed E-state index contributed by atoms with van der Waals surface area (Å²) in [6, 6.07) is 12.8. The lowest BCUT2D eigenvalue weighted by Crippen LogP contribution is -2.33. The van der Waals surface area contributed by atoms with Crippen LogP contribution in [0.3, 0.4) is 0 Å². The van der Waals surface area contributed by atoms with Crippen molar-refractivity contribution < 1.29 is 18.7 Å². The molecule has 1 N–H and O–H groups in total. The fourth-order valence-corrected chi connectivity index (χ4v) is 2.57. The smallest absolute Gasteiger partial charge is 0.255 e. The topological polar surface area (TPSA) is 58.6 Å². The van der Waals surface area contributed by atoms with E-state index in [4.69, 9.17) is 4.74 Å². The highest BCUT2D eigenvalue weighted by molar-refractivity contribution is 5.97. The molecule has 0 radical (unpaired) electrons. The number of amides is 2. The molecule has 0 saturated carbocycles. The molecule has 2 aromatic rings. The molecule has 1 unspecified atom stereocenters. The molecule has 2 amide bonds. The van der Waals surface area contributed by atoms with Gasteiger partial charge in [-0.1, -0.05) is 24.3 Å². The van der Waals surface area contributed by atoms with Gasteiger partial charge in [-0.25, -0.2) is 4.39 Å². The van der Waals surface area contributed by atoms with Gasteiger partial charge in [0.05, 0.1) is 18.7 Å². The molecule has 0 saturated heterocycles. The predicted octanol–water partition coefficient (Wildman–Crippen LogP) is 3.17. The lowest BCUT2D eigenvalue weighted by molar-refractivity contribution is -0.131. The molecule has 138 valence electrons. The number of para-hydroxylation sites is 1. The molecule has 2 aromatic carbocycles. The normalized spacial score (nSPS) is 11.5. The van der Waals surface area contributed by atoms with E-state index in [1.54, 1.807) is 48.3 Å². The molecular weight excluding hydrogens is 335 g/mol. The van der Waals surface area contributed by atoms with Crippen molar-refractivity contribution >= 4 is 11.8 Å². The SMILES string of the molecule is COc1ccccc1C(=O)NCCC(=O)N(C)C(C)c1ccc(F)cc1. The highest BCUT2D eigenvalue weighted by Crippen LogP contribution is 2.20. The third kappa shape index (κ3) is 4.81. The van der Waals surface area contributed by atoms with E-state index >= 15 is 0 Å². The zero-order valence-corrected chi connectivity index (χ0v) is 15.2. The van der Waals surface area contributed by atoms with E-state index < -0.39 is 0 Å². The zero-order valence-electron chi connectivity index (χ0n) is 15.2. The van der Waals surface area contributed by atoms with Crippen LogP contribution in [0.1, 0.15) is 35.3 Å². The van der Waals surface area contributed by atoms with Crippen molar-refractivity contribution in [2.75, 3.05) is 20.7 Å². The number of carbonyl (C=O) groups is 2. The van der Waals surface area contributed by atoms with Crippen LogP contribution in [0.25, 0.3) is 0 Å². The number of methoxy groups -OCH3 is 1. The molecule has 2 rings (SSSR count). The second-order valence-corrected chi connectivity index (χ2v) is 5.94. The maximum Gasteiger partial charge on any atom is 0.255 e. The Hall–Kier alpha value is -2.89. The zero-order chi connectivity index (χ0) is 19.1. The Kier molecular flexibility index (Phi) is 6.72. The van der Waals surface area contributed by atoms with Gasteiger partial charge in [0.15, 0.2) is 0 Å². The first-order valence-electron chi connectivity index (χ1n) is 8.36. The fraction of sp³-hybridized carbons (Fsp3) is 0.300. The molecule has 0 aliphatic carbocycles. The van der Waals surface area contributed by atoms with Gasteiger partial charge >= 0.3 is 0 Å². The Morgan fingerprint density at radius 1 is 1.15 bits per heavy atom. The van der Waals surface area contributed by atoms with E-state index in [0.29, 0.717) is 11.3 Å². The standard InChI is InChI=1S/C20H23FN2O3/c1-14(15-8-10-16(21)11-9-15)23(2)19(24)12-13-22-20(25)17-6-4-5-7-18(17)26-3/h4-11,14H,12-13H2,1-3H3,(H,22,25). The van der Waals surface area contributed by atoms with Crippen LogP contribution in [0.15, 0.2) is 48.5 Å². The van der Waals surface area contributed by atoms with E-state index in [1.165, 1.54) is 19.2 Å². The van der Waals surface area contributed by atoms with Gasteiger partial charge in [0, 0.05) is 20.0 Å². The summed E-state index contributed by atoms with van der Waals surface area (Å²) in [6.07, 6.45) is 0.170. The Labute approximate surface area is 152 Å². The van der Waals surface area contributed by atoms with Crippen LogP contribution in [-0.4, -0.2) is 37.4 Å². The number of ether oxygens (including phenoxy) is 1. The molecule has 0 fully saturated rings. The minimum absolute atomic E-state index is 0.109. The Morgan fingerprint density at radius 3 is 2.46 bits per heavy atom. The van der Waals surface area contributed by atoms with E-state index in [2.05, 4.69) is 5.32 Å². The van der Waals surface area contributed by atoms with Crippen LogP contribution in [0.4, 0.5) is 4.39 Å². The maximum absolute atomic E-state index is 13.0. The van der Waals surface area contributed by atoms with Crippen molar-refractivity contribution in [1.82, 2.24) is 10.2 Å². The number of carbonyl (C=O) groups excluding carboxylic acids is 2. The van der Waals surface area contributed by atoms with E-state index in [1.807, 2.05) is 6.92 Å². The summed E-state index contributed by atoms with van der Waals surface area (Å²) >= 11 is 0. The number of nitrogens with zero attached hydrogens (tertiary/aromatic N) is 1. The van der Waals surface area contributed by atoms with Crippen LogP contribution in [-0.2, 0) is 4.79 Å². The van der Waals surface area contributed by atoms with Crippen LogP contribution < -0.4 is 10.1 Å². The van der Waals surface area contributed by atoms with Crippen LogP contribution in [0, 0.1) is 5.82 Å². The van der Waals surface area contributed by atoms with Gasteiger partial charge in [-0.3, -0.25) is 9.59 Å². The summed E-state index contributed by atoms with van der Waals surface area (Å²) in [5.74, 6) is -0.223. The van der Waals surface area contributed by atoms with Gasteiger partial charge in [0.1, 0.15) is 11.6 Å². The third-order valence-corrected chi connectivity index (χ3v) is 4.30. The van der Waals surface area contributed by atoms with Crippen LogP contribution in [0.2, 0.25) is 0 Å². The van der Waals surface area contributed by atoms with E-state index in [-0.39, 0.29) is 36.6 Å². The monoisotopic (exact) mass is 358 g/mol. The van der Waals surface area contributed by atoms with Gasteiger partial charge < -0.3 is 15.0 Å². The third-order valence-electron chi connectivity index (χ3n) is 4.30. The van der Waals surface area contributed by atoms with Crippen LogP contribution in [0.5, 0.6) is 5.75 Å². The molecule has 5 nitrogen and oxygen atoms in total. The Bertz CT molecular complexity index is 762. The lowest BCUT2D eigenvalue weighted by Gasteiger charge is -2.25. The number of rotatable bonds is 7. The van der Waals surface area contributed by atoms with Crippen molar-refractivity contribution in [1.29, 1.82) is 0 Å². The molecule has 1 atom stereocenters. The molecule has 0 spiro atoms. The van der Waals surface area contributed by atoms with Gasteiger partial charge in [-0.05, 0) is 36.8 Å². The number of hydrogen-bond acceptors (Lipinski definition) is 3. The van der Waals surface area contributed by atoms with Crippen molar-refractivity contribution in [3.63, 3.8) is 0 Å². The highest BCUT2D eigenvalue weighted by atomic mass is 19.1. The fourth-order valence-electron chi connectivity index (χ4n) is 2.57. The summed E-state index contributed by atoms with van der Waals surface area (Å²) < 4.78 is 18.2. The minimum atomic E-state index is -0.311. The summed E-state index contributed by atoms with van der Waals surface area (Å²) in [7, 11) is 3.19. The lowest BCUT2D eigenvalue weighted by atomic mass is 10.1. The molecule has 0 aliphatic rings. The molecular formula is C20H23FN2O3. The van der Waals surface area contributed by atoms with E-state index in [9.17, 15) is 14.0 Å². The number of benzene rings is 2. The number of hydrogen-bond donors (Lipinski definition) is 1. The summed E-state index contributed by atoms with van der Waals surface area (Å²) in [5, 5.41) is 2.73. The van der Waals surface area contributed by atoms with Crippen molar-refractivity contribution in [2.24, 2.45) is 0 Å². The second kappa shape index (κ2) is 8.99. The van der Waals surface area contributed by atoms with Gasteiger partial charge in [0.2, 0.25) is 5.91 Å². The van der Waals surface area contributed by atoms with Crippen molar-refractivity contribution in [3.8, 4) is 5.75 Å². The van der Waals surface area contributed by atoms with Gasteiger partial charge in [0.25, 0.3) is 5.91 Å². The summed E-state index contributed by atoms with van der Waals surface area (Å²) in [6.45, 7) is 2.09. The van der Waals surface area contributed by atoms with Crippen LogP contribution >= 0.6 is 0 Å². The van der Waals surface area contributed by atoms with Crippen molar-refractivity contribution in [2.45, 2.75) is 19.4 Å². The number of halogens is 1. The Morgan fingerprint density at radius 2 is 1.81 bits per heavy atom. The largest absolute Gasteiger partial charge is 0.496 e. The predicted molar refractivity (Wildman–Crippen MR) is 97.5 cm³/mol. The molecule has 0 aliphatic heterocycles. The molecule has 0 aromatic heterocycles. The number of nitrogens with one attached hydrogen (secondary N) is 1. The average molecular weight is 358 g/mol. The van der Waals surface area contributed by atoms with Crippen molar-refractivity contribution in [3.05, 3.63) is 65.5 Å². The first-order chi connectivity index (χ1) is 12.4. The van der Waals surface area contributed by atoms with E-state index in [0.717, 1.165) is 5.56 Å². The quantitative estimate of drug-likeness (QED) is 0.827. The van der Waals surface area contributed by atoms with Gasteiger partial charge in [-0.2, -0.15) is 0 Å². The summed E-state index contributed by atoms with van der Waals surface area (Å²) in [4.78, 5) is 26.1. The minimum Gasteiger partial charge on any atom is -0.496 e. The first-order valence-corrected chi connectivity index (χ1v) is 8.36. The Balaban J connectivity index is 1.87. The summed E-state index contributed by atoms with van der Waals surface area (Å²) in [5.41, 5.74) is 1.27. The van der Waals surface area contributed by atoms with Gasteiger partial charge in [-0.15, -0.1) is 0 Å². The second-order valence-electron chi connectivity index (χ2n) is 5.94. The average Bonchev–Trinajstić information content (AvgIpc) is 2.67. The molecule has 0 heterocycles. The highest BCUT2D eigenvalue weighted by Gasteiger charge is 2.18. The molecule has 6 heteroatoms. The first kappa shape index (κ1) is 19.4. The molecule has 26 heavy (non-hydrogen) atoms.